The molecular weight excluding hydrogens is 328 g/mol. The number of nitrogens with zero attached hydrogens (tertiary/aromatic N) is 2. The van der Waals surface area contributed by atoms with Gasteiger partial charge in [0, 0.05) is 18.8 Å². The Balaban J connectivity index is 1.70. The van der Waals surface area contributed by atoms with E-state index in [0.717, 1.165) is 17.8 Å². The molecule has 0 aliphatic rings. The van der Waals surface area contributed by atoms with Crippen LogP contribution in [0.5, 0.6) is 0 Å². The Morgan fingerprint density at radius 1 is 1.12 bits per heavy atom. The van der Waals surface area contributed by atoms with E-state index in [9.17, 15) is 9.59 Å². The summed E-state index contributed by atoms with van der Waals surface area (Å²) in [4.78, 5) is 25.4. The maximum absolute atomic E-state index is 12.4. The third-order valence-corrected chi connectivity index (χ3v) is 4.12. The highest BCUT2D eigenvalue weighted by Crippen LogP contribution is 2.19. The van der Waals surface area contributed by atoms with E-state index in [1.807, 2.05) is 54.2 Å². The van der Waals surface area contributed by atoms with Crippen LogP contribution in [0.3, 0.4) is 0 Å². The van der Waals surface area contributed by atoms with Crippen LogP contribution in [0.15, 0.2) is 66.9 Å². The molecule has 0 spiro atoms. The number of carbonyl (C=O) groups is 2. The van der Waals surface area contributed by atoms with Gasteiger partial charge in [-0.1, -0.05) is 24.3 Å². The first-order valence-electron chi connectivity index (χ1n) is 8.16. The minimum absolute atomic E-state index is 0.232. The summed E-state index contributed by atoms with van der Waals surface area (Å²) in [6.45, 7) is 0.425. The van der Waals surface area contributed by atoms with Gasteiger partial charge in [-0.3, -0.25) is 14.5 Å². The zero-order valence-corrected chi connectivity index (χ0v) is 14.4. The molecule has 1 heterocycles. The van der Waals surface area contributed by atoms with Gasteiger partial charge in [-0.05, 0) is 42.0 Å². The van der Waals surface area contributed by atoms with Crippen molar-refractivity contribution >= 4 is 29.5 Å². The predicted octanol–water partition coefficient (Wildman–Crippen LogP) is 3.02. The molecule has 0 saturated heterocycles. The lowest BCUT2D eigenvalue weighted by atomic mass is 10.1. The summed E-state index contributed by atoms with van der Waals surface area (Å²) in [5.74, 6) is 0.575. The number of anilines is 3. The van der Waals surface area contributed by atoms with Crippen molar-refractivity contribution in [2.75, 3.05) is 16.0 Å². The van der Waals surface area contributed by atoms with Gasteiger partial charge < -0.3 is 15.6 Å². The Labute approximate surface area is 151 Å². The predicted molar refractivity (Wildman–Crippen MR) is 103 cm³/mol. The lowest BCUT2D eigenvalue weighted by Gasteiger charge is -2.18. The van der Waals surface area contributed by atoms with E-state index < -0.39 is 0 Å². The highest BCUT2D eigenvalue weighted by atomic mass is 16.1. The van der Waals surface area contributed by atoms with Crippen molar-refractivity contribution in [3.05, 3.63) is 78.0 Å². The van der Waals surface area contributed by atoms with E-state index in [2.05, 4.69) is 5.32 Å². The topological polar surface area (TPSA) is 80.4 Å². The molecule has 0 bridgehead atoms. The molecule has 132 valence electrons. The van der Waals surface area contributed by atoms with Gasteiger partial charge in [-0.2, -0.15) is 0 Å². The summed E-state index contributed by atoms with van der Waals surface area (Å²) < 4.78 is 1.88. The molecule has 0 atom stereocenters. The Morgan fingerprint density at radius 3 is 2.46 bits per heavy atom. The van der Waals surface area contributed by atoms with Gasteiger partial charge in [-0.25, -0.2) is 0 Å². The number of aryl methyl sites for hydroxylation is 1. The van der Waals surface area contributed by atoms with E-state index in [-0.39, 0.29) is 5.91 Å². The molecule has 3 N–H and O–H groups in total. The maximum atomic E-state index is 12.4. The van der Waals surface area contributed by atoms with Crippen LogP contribution in [0.1, 0.15) is 15.9 Å². The van der Waals surface area contributed by atoms with Crippen molar-refractivity contribution in [3.63, 3.8) is 0 Å². The molecule has 2 aromatic carbocycles. The van der Waals surface area contributed by atoms with Gasteiger partial charge >= 0.3 is 0 Å². The molecule has 3 rings (SSSR count). The van der Waals surface area contributed by atoms with Gasteiger partial charge in [-0.15, -0.1) is 0 Å². The summed E-state index contributed by atoms with van der Waals surface area (Å²) in [6.07, 6.45) is 2.68. The number of hydrogen-bond acceptors (Lipinski definition) is 3. The Morgan fingerprint density at radius 2 is 1.85 bits per heavy atom. The standard InChI is InChI=1S/C20H20N4O2/c1-23-12-4-7-19(23)24(14-25)13-15-8-10-16(11-9-15)20(26)22-18-6-3-2-5-17(18)21/h2-12,14H,13,21H2,1H3,(H,22,26). The molecular formula is C20H20N4O2. The van der Waals surface area contributed by atoms with Crippen LogP contribution in [0, 0.1) is 0 Å². The van der Waals surface area contributed by atoms with Crippen LogP contribution in [0.2, 0.25) is 0 Å². The molecule has 6 heteroatoms. The molecule has 0 radical (unpaired) electrons. The summed E-state index contributed by atoms with van der Waals surface area (Å²) in [5, 5.41) is 2.79. The Kier molecular flexibility index (Phi) is 5.03. The number of nitrogens with one attached hydrogen (secondary N) is 1. The average molecular weight is 348 g/mol. The third-order valence-electron chi connectivity index (χ3n) is 4.12. The quantitative estimate of drug-likeness (QED) is 0.531. The van der Waals surface area contributed by atoms with Crippen LogP contribution in [-0.2, 0) is 18.4 Å². The number of nitrogen functional groups attached to an aromatic ring is 1. The van der Waals surface area contributed by atoms with E-state index in [1.165, 1.54) is 0 Å². The average Bonchev–Trinajstić information content (AvgIpc) is 3.08. The van der Waals surface area contributed by atoms with Gasteiger partial charge in [0.25, 0.3) is 5.91 Å². The second-order valence-corrected chi connectivity index (χ2v) is 5.95. The SMILES string of the molecule is Cn1cccc1N(C=O)Cc1ccc(C(=O)Nc2ccccc2N)cc1. The number of para-hydroxylation sites is 2. The number of amides is 2. The van der Waals surface area contributed by atoms with E-state index in [0.29, 0.717) is 23.5 Å². The van der Waals surface area contributed by atoms with Crippen LogP contribution >= 0.6 is 0 Å². The number of nitrogens with two attached hydrogens (primary N) is 1. The number of benzene rings is 2. The smallest absolute Gasteiger partial charge is 0.255 e. The van der Waals surface area contributed by atoms with Crippen LogP contribution in [0.4, 0.5) is 17.2 Å². The summed E-state index contributed by atoms with van der Waals surface area (Å²) in [5.41, 5.74) is 8.39. The van der Waals surface area contributed by atoms with Gasteiger partial charge in [0.15, 0.2) is 0 Å². The lowest BCUT2D eigenvalue weighted by Crippen LogP contribution is -2.22. The fraction of sp³-hybridized carbons (Fsp3) is 0.100. The number of carbonyl (C=O) groups excluding carboxylic acids is 2. The molecule has 3 aromatic rings. The third kappa shape index (κ3) is 3.75. The van der Waals surface area contributed by atoms with E-state index >= 15 is 0 Å². The molecule has 0 saturated carbocycles. The summed E-state index contributed by atoms with van der Waals surface area (Å²) in [6, 6.07) is 18.0. The number of rotatable bonds is 6. The van der Waals surface area contributed by atoms with Gasteiger partial charge in [0.2, 0.25) is 6.41 Å². The largest absolute Gasteiger partial charge is 0.397 e. The van der Waals surface area contributed by atoms with Crippen molar-refractivity contribution in [2.24, 2.45) is 7.05 Å². The van der Waals surface area contributed by atoms with Gasteiger partial charge in [0.05, 0.1) is 17.9 Å². The minimum Gasteiger partial charge on any atom is -0.397 e. The molecule has 2 amide bonds. The number of hydrogen-bond donors (Lipinski definition) is 2. The number of aromatic nitrogens is 1. The van der Waals surface area contributed by atoms with Crippen LogP contribution in [0.25, 0.3) is 0 Å². The van der Waals surface area contributed by atoms with Crippen molar-refractivity contribution in [1.29, 1.82) is 0 Å². The summed E-state index contributed by atoms with van der Waals surface area (Å²) in [7, 11) is 1.88. The van der Waals surface area contributed by atoms with Gasteiger partial charge in [0.1, 0.15) is 5.82 Å². The first-order valence-corrected chi connectivity index (χ1v) is 8.16. The molecule has 0 aliphatic carbocycles. The van der Waals surface area contributed by atoms with Crippen molar-refractivity contribution in [3.8, 4) is 0 Å². The van der Waals surface area contributed by atoms with Crippen molar-refractivity contribution in [1.82, 2.24) is 4.57 Å². The fourth-order valence-electron chi connectivity index (χ4n) is 2.69. The zero-order valence-electron chi connectivity index (χ0n) is 14.4. The van der Waals surface area contributed by atoms with E-state index in [1.54, 1.807) is 29.2 Å². The molecule has 0 fully saturated rings. The normalized spacial score (nSPS) is 10.3. The highest BCUT2D eigenvalue weighted by Gasteiger charge is 2.11. The second-order valence-electron chi connectivity index (χ2n) is 5.95. The van der Waals surface area contributed by atoms with Crippen molar-refractivity contribution in [2.45, 2.75) is 6.54 Å². The second kappa shape index (κ2) is 7.57. The zero-order chi connectivity index (χ0) is 18.5. The van der Waals surface area contributed by atoms with Crippen molar-refractivity contribution < 1.29 is 9.59 Å². The monoisotopic (exact) mass is 348 g/mol. The minimum atomic E-state index is -0.232. The molecule has 1 aromatic heterocycles. The molecule has 0 unspecified atom stereocenters. The molecule has 26 heavy (non-hydrogen) atoms. The lowest BCUT2D eigenvalue weighted by molar-refractivity contribution is -0.107. The molecule has 0 aliphatic heterocycles. The highest BCUT2D eigenvalue weighted by molar-refractivity contribution is 6.05. The van der Waals surface area contributed by atoms with Crippen LogP contribution in [-0.4, -0.2) is 16.9 Å². The maximum Gasteiger partial charge on any atom is 0.255 e. The molecule has 6 nitrogen and oxygen atoms in total. The van der Waals surface area contributed by atoms with E-state index in [4.69, 9.17) is 5.73 Å². The summed E-state index contributed by atoms with van der Waals surface area (Å²) >= 11 is 0. The first-order chi connectivity index (χ1) is 12.6. The Hall–Kier alpha value is -3.54. The Bertz CT molecular complexity index is 916. The van der Waals surface area contributed by atoms with Crippen LogP contribution < -0.4 is 16.0 Å². The first kappa shape index (κ1) is 17.3. The fourth-order valence-corrected chi connectivity index (χ4v) is 2.69.